The van der Waals surface area contributed by atoms with Crippen LogP contribution in [0.25, 0.3) is 0 Å². The fraction of sp³-hybridized carbons (Fsp3) is 0.176. The molecular formula is C17H16Cl2N2O3. The number of methoxy groups -OCH3 is 1. The maximum atomic E-state index is 11.8. The van der Waals surface area contributed by atoms with Gasteiger partial charge in [0.25, 0.3) is 5.91 Å². The van der Waals surface area contributed by atoms with Gasteiger partial charge in [-0.25, -0.2) is 5.43 Å². The molecule has 0 aromatic heterocycles. The Morgan fingerprint density at radius 1 is 1.12 bits per heavy atom. The molecule has 0 radical (unpaired) electrons. The molecule has 0 aliphatic heterocycles. The minimum Gasteiger partial charge on any atom is -0.497 e. The van der Waals surface area contributed by atoms with Gasteiger partial charge in [0, 0.05) is 10.6 Å². The second-order valence-corrected chi connectivity index (χ2v) is 5.66. The molecular weight excluding hydrogens is 351 g/mol. The average molecular weight is 367 g/mol. The molecule has 2 aromatic carbocycles. The number of carbonyl (C=O) groups is 1. The van der Waals surface area contributed by atoms with Gasteiger partial charge in [-0.15, -0.1) is 0 Å². The molecule has 0 spiro atoms. The standard InChI is InChI=1S/C17H16Cl2N2O3/c1-11(15-8-3-12(18)9-16(15)19)20-21-17(22)10-24-14-6-4-13(23-2)5-7-14/h3-9H,10H2,1-2H3,(H,21,22)/b20-11-. The monoisotopic (exact) mass is 366 g/mol. The van der Waals surface area contributed by atoms with E-state index in [1.54, 1.807) is 56.5 Å². The van der Waals surface area contributed by atoms with Crippen molar-refractivity contribution in [2.24, 2.45) is 5.10 Å². The van der Waals surface area contributed by atoms with Crippen LogP contribution >= 0.6 is 23.2 Å². The number of hydrazone groups is 1. The first-order valence-electron chi connectivity index (χ1n) is 7.05. The molecule has 0 fully saturated rings. The molecule has 0 aliphatic carbocycles. The number of nitrogens with one attached hydrogen (secondary N) is 1. The molecule has 2 rings (SSSR count). The van der Waals surface area contributed by atoms with E-state index < -0.39 is 0 Å². The van der Waals surface area contributed by atoms with Crippen LogP contribution in [0.4, 0.5) is 0 Å². The Kier molecular flexibility index (Phi) is 6.46. The lowest BCUT2D eigenvalue weighted by Gasteiger charge is -2.07. The number of carbonyl (C=O) groups excluding carboxylic acids is 1. The van der Waals surface area contributed by atoms with Crippen molar-refractivity contribution in [2.45, 2.75) is 6.92 Å². The molecule has 0 aliphatic rings. The number of nitrogens with zero attached hydrogens (tertiary/aromatic N) is 1. The number of benzene rings is 2. The van der Waals surface area contributed by atoms with Gasteiger partial charge in [0.05, 0.1) is 17.8 Å². The average Bonchev–Trinajstić information content (AvgIpc) is 2.58. The predicted molar refractivity (Wildman–Crippen MR) is 95.3 cm³/mol. The van der Waals surface area contributed by atoms with Crippen molar-refractivity contribution in [3.63, 3.8) is 0 Å². The largest absolute Gasteiger partial charge is 0.497 e. The number of ether oxygens (including phenoxy) is 2. The summed E-state index contributed by atoms with van der Waals surface area (Å²) in [5.74, 6) is 0.898. The fourth-order valence-corrected chi connectivity index (χ4v) is 2.39. The molecule has 7 heteroatoms. The van der Waals surface area contributed by atoms with Crippen molar-refractivity contribution in [3.05, 3.63) is 58.1 Å². The van der Waals surface area contributed by atoms with E-state index in [2.05, 4.69) is 10.5 Å². The lowest BCUT2D eigenvalue weighted by molar-refractivity contribution is -0.123. The highest BCUT2D eigenvalue weighted by Crippen LogP contribution is 2.21. The Morgan fingerprint density at radius 3 is 2.42 bits per heavy atom. The van der Waals surface area contributed by atoms with Crippen molar-refractivity contribution in [1.29, 1.82) is 0 Å². The van der Waals surface area contributed by atoms with Crippen molar-refractivity contribution in [2.75, 3.05) is 13.7 Å². The molecule has 0 heterocycles. The summed E-state index contributed by atoms with van der Waals surface area (Å²) in [5, 5.41) is 5.01. The molecule has 126 valence electrons. The van der Waals surface area contributed by atoms with Gasteiger partial charge in [-0.3, -0.25) is 4.79 Å². The molecule has 0 saturated carbocycles. The minimum absolute atomic E-state index is 0.155. The molecule has 0 atom stereocenters. The van der Waals surface area contributed by atoms with Crippen LogP contribution in [0, 0.1) is 0 Å². The van der Waals surface area contributed by atoms with E-state index in [0.717, 1.165) is 0 Å². The van der Waals surface area contributed by atoms with Crippen LogP contribution in [0.3, 0.4) is 0 Å². The van der Waals surface area contributed by atoms with Crippen LogP contribution in [0.5, 0.6) is 11.5 Å². The summed E-state index contributed by atoms with van der Waals surface area (Å²) in [6.07, 6.45) is 0. The lowest BCUT2D eigenvalue weighted by Crippen LogP contribution is -2.25. The third-order valence-electron chi connectivity index (χ3n) is 3.10. The van der Waals surface area contributed by atoms with Crippen molar-refractivity contribution < 1.29 is 14.3 Å². The van der Waals surface area contributed by atoms with E-state index in [0.29, 0.717) is 32.8 Å². The first kappa shape index (κ1) is 18.1. The van der Waals surface area contributed by atoms with Crippen molar-refractivity contribution >= 4 is 34.8 Å². The van der Waals surface area contributed by atoms with Crippen molar-refractivity contribution in [1.82, 2.24) is 5.43 Å². The topological polar surface area (TPSA) is 59.9 Å². The Labute approximate surface area is 150 Å². The highest BCUT2D eigenvalue weighted by Gasteiger charge is 2.06. The van der Waals surface area contributed by atoms with E-state index in [1.807, 2.05) is 0 Å². The molecule has 0 saturated heterocycles. The first-order valence-corrected chi connectivity index (χ1v) is 7.80. The van der Waals surface area contributed by atoms with Gasteiger partial charge in [0.1, 0.15) is 11.5 Å². The van der Waals surface area contributed by atoms with Gasteiger partial charge in [0.2, 0.25) is 0 Å². The number of rotatable bonds is 6. The normalized spacial score (nSPS) is 11.1. The first-order chi connectivity index (χ1) is 11.5. The van der Waals surface area contributed by atoms with Gasteiger partial charge in [-0.1, -0.05) is 29.3 Å². The summed E-state index contributed by atoms with van der Waals surface area (Å²) < 4.78 is 10.4. The van der Waals surface area contributed by atoms with Gasteiger partial charge in [-0.2, -0.15) is 5.10 Å². The molecule has 1 amide bonds. The lowest BCUT2D eigenvalue weighted by atomic mass is 10.1. The van der Waals surface area contributed by atoms with E-state index >= 15 is 0 Å². The van der Waals surface area contributed by atoms with E-state index in [9.17, 15) is 4.79 Å². The third-order valence-corrected chi connectivity index (χ3v) is 3.65. The number of halogens is 2. The summed E-state index contributed by atoms with van der Waals surface area (Å²) >= 11 is 11.9. The number of hydrogen-bond acceptors (Lipinski definition) is 4. The zero-order valence-corrected chi connectivity index (χ0v) is 14.7. The highest BCUT2D eigenvalue weighted by molar-refractivity contribution is 6.37. The summed E-state index contributed by atoms with van der Waals surface area (Å²) in [6, 6.07) is 12.0. The molecule has 1 N–H and O–H groups in total. The van der Waals surface area contributed by atoms with Gasteiger partial charge >= 0.3 is 0 Å². The van der Waals surface area contributed by atoms with Gasteiger partial charge < -0.3 is 9.47 Å². The summed E-state index contributed by atoms with van der Waals surface area (Å²) in [5.41, 5.74) is 3.68. The van der Waals surface area contributed by atoms with Gasteiger partial charge in [0.15, 0.2) is 6.61 Å². The molecule has 0 bridgehead atoms. The Bertz CT molecular complexity index is 746. The van der Waals surface area contributed by atoms with E-state index in [1.165, 1.54) is 0 Å². The Morgan fingerprint density at radius 2 is 1.79 bits per heavy atom. The maximum absolute atomic E-state index is 11.8. The number of hydrogen-bond donors (Lipinski definition) is 1. The minimum atomic E-state index is -0.379. The zero-order valence-electron chi connectivity index (χ0n) is 13.2. The zero-order chi connectivity index (χ0) is 17.5. The number of amides is 1. The van der Waals surface area contributed by atoms with Crippen LogP contribution < -0.4 is 14.9 Å². The van der Waals surface area contributed by atoms with Crippen LogP contribution in [0.15, 0.2) is 47.6 Å². The summed E-state index contributed by atoms with van der Waals surface area (Å²) in [7, 11) is 1.58. The van der Waals surface area contributed by atoms with Crippen LogP contribution in [0.2, 0.25) is 10.0 Å². The van der Waals surface area contributed by atoms with Crippen LogP contribution in [-0.2, 0) is 4.79 Å². The second-order valence-electron chi connectivity index (χ2n) is 4.82. The smallest absolute Gasteiger partial charge is 0.277 e. The fourth-order valence-electron chi connectivity index (χ4n) is 1.84. The molecule has 24 heavy (non-hydrogen) atoms. The Balaban J connectivity index is 1.89. The predicted octanol–water partition coefficient (Wildman–Crippen LogP) is 3.92. The van der Waals surface area contributed by atoms with Crippen molar-refractivity contribution in [3.8, 4) is 11.5 Å². The second kappa shape index (κ2) is 8.57. The van der Waals surface area contributed by atoms with Crippen LogP contribution in [0.1, 0.15) is 12.5 Å². The molecule has 2 aromatic rings. The Hall–Kier alpha value is -2.24. The summed E-state index contributed by atoms with van der Waals surface area (Å²) in [4.78, 5) is 11.8. The molecule has 0 unspecified atom stereocenters. The SMILES string of the molecule is COc1ccc(OCC(=O)N/N=C(/C)c2ccc(Cl)cc2Cl)cc1. The van der Waals surface area contributed by atoms with E-state index in [-0.39, 0.29) is 12.5 Å². The quantitative estimate of drug-likeness (QED) is 0.622. The maximum Gasteiger partial charge on any atom is 0.277 e. The highest BCUT2D eigenvalue weighted by atomic mass is 35.5. The molecule has 5 nitrogen and oxygen atoms in total. The van der Waals surface area contributed by atoms with Crippen LogP contribution in [-0.4, -0.2) is 25.3 Å². The summed E-state index contributed by atoms with van der Waals surface area (Å²) in [6.45, 7) is 1.58. The van der Waals surface area contributed by atoms with E-state index in [4.69, 9.17) is 32.7 Å². The van der Waals surface area contributed by atoms with Gasteiger partial charge in [-0.05, 0) is 43.3 Å². The third kappa shape index (κ3) is 5.15.